The first-order valence-electron chi connectivity index (χ1n) is 9.15. The summed E-state index contributed by atoms with van der Waals surface area (Å²) < 4.78 is 15.6. The molecule has 1 N–H and O–H groups in total. The number of carbonyl (C=O) groups excluding carboxylic acids is 1. The minimum absolute atomic E-state index is 0.0304. The maximum absolute atomic E-state index is 13.4. The van der Waals surface area contributed by atoms with Crippen LogP contribution in [0.1, 0.15) is 39.4 Å². The molecule has 1 saturated heterocycles. The molecule has 2 aromatic rings. The second-order valence-corrected chi connectivity index (χ2v) is 7.12. The van der Waals surface area contributed by atoms with Crippen LogP contribution in [-0.2, 0) is 17.9 Å². The number of amides is 1. The van der Waals surface area contributed by atoms with Crippen molar-refractivity contribution in [3.63, 3.8) is 0 Å². The smallest absolute Gasteiger partial charge is 0.222 e. The third-order valence-electron chi connectivity index (χ3n) is 4.93. The van der Waals surface area contributed by atoms with E-state index in [2.05, 4.69) is 26.7 Å². The number of hydrogen-bond acceptors (Lipinski definition) is 3. The number of nitrogens with one attached hydrogen (secondary N) is 1. The molecule has 5 nitrogen and oxygen atoms in total. The first-order valence-corrected chi connectivity index (χ1v) is 9.15. The molecule has 1 fully saturated rings. The summed E-state index contributed by atoms with van der Waals surface area (Å²) in [4.78, 5) is 18.8. The van der Waals surface area contributed by atoms with Gasteiger partial charge in [-0.3, -0.25) is 9.69 Å². The minimum Gasteiger partial charge on any atom is -0.353 e. The number of hydrogen-bond donors (Lipinski definition) is 1. The molecule has 0 bridgehead atoms. The largest absolute Gasteiger partial charge is 0.353 e. The number of imidazole rings is 1. The Kier molecular flexibility index (Phi) is 5.37. The number of aromatic nitrogens is 2. The number of carbonyl (C=O) groups is 1. The molecule has 2 heterocycles. The first-order chi connectivity index (χ1) is 12.0. The molecular formula is C19H27FN4O. The molecule has 0 saturated carbocycles. The van der Waals surface area contributed by atoms with Crippen molar-refractivity contribution in [2.45, 2.75) is 52.7 Å². The van der Waals surface area contributed by atoms with Crippen molar-refractivity contribution >= 4 is 16.9 Å². The summed E-state index contributed by atoms with van der Waals surface area (Å²) in [6.07, 6.45) is 1.92. The van der Waals surface area contributed by atoms with E-state index in [-0.39, 0.29) is 23.7 Å². The van der Waals surface area contributed by atoms with Crippen LogP contribution in [0.4, 0.5) is 4.39 Å². The fourth-order valence-electron chi connectivity index (χ4n) is 3.43. The van der Waals surface area contributed by atoms with Gasteiger partial charge in [-0.15, -0.1) is 0 Å². The van der Waals surface area contributed by atoms with Gasteiger partial charge < -0.3 is 9.88 Å². The Morgan fingerprint density at radius 1 is 1.36 bits per heavy atom. The maximum Gasteiger partial charge on any atom is 0.222 e. The zero-order valence-corrected chi connectivity index (χ0v) is 15.3. The molecule has 1 amide bonds. The summed E-state index contributed by atoms with van der Waals surface area (Å²) in [6, 6.07) is 5.06. The van der Waals surface area contributed by atoms with E-state index >= 15 is 0 Å². The molecule has 1 aliphatic rings. The van der Waals surface area contributed by atoms with Gasteiger partial charge in [-0.25, -0.2) is 9.37 Å². The first kappa shape index (κ1) is 17.9. The minimum atomic E-state index is -0.249. The Balaban J connectivity index is 1.64. The van der Waals surface area contributed by atoms with Gasteiger partial charge in [-0.1, -0.05) is 13.8 Å². The molecule has 1 aromatic heterocycles. The lowest BCUT2D eigenvalue weighted by atomic mass is 10.0. The van der Waals surface area contributed by atoms with Gasteiger partial charge >= 0.3 is 0 Å². The number of nitrogens with zero attached hydrogens (tertiary/aromatic N) is 3. The highest BCUT2D eigenvalue weighted by atomic mass is 19.1. The van der Waals surface area contributed by atoms with Crippen molar-refractivity contribution in [1.29, 1.82) is 0 Å². The second kappa shape index (κ2) is 7.52. The van der Waals surface area contributed by atoms with Crippen molar-refractivity contribution in [2.75, 3.05) is 13.1 Å². The summed E-state index contributed by atoms with van der Waals surface area (Å²) in [5, 5.41) is 3.12. The average Bonchev–Trinajstić information content (AvgIpc) is 2.92. The Hall–Kier alpha value is -1.95. The predicted molar refractivity (Wildman–Crippen MR) is 96.6 cm³/mol. The molecule has 136 valence electrons. The Labute approximate surface area is 148 Å². The monoisotopic (exact) mass is 346 g/mol. The highest BCUT2D eigenvalue weighted by molar-refractivity contribution is 5.78. The second-order valence-electron chi connectivity index (χ2n) is 7.12. The van der Waals surface area contributed by atoms with Crippen LogP contribution in [0.5, 0.6) is 0 Å². The highest BCUT2D eigenvalue weighted by Gasteiger charge is 2.23. The van der Waals surface area contributed by atoms with Crippen molar-refractivity contribution in [1.82, 2.24) is 19.8 Å². The molecule has 0 atom stereocenters. The van der Waals surface area contributed by atoms with Crippen molar-refractivity contribution < 1.29 is 9.18 Å². The normalized spacial score (nSPS) is 16.7. The van der Waals surface area contributed by atoms with E-state index < -0.39 is 0 Å². The Morgan fingerprint density at radius 3 is 2.72 bits per heavy atom. The quantitative estimate of drug-likeness (QED) is 0.906. The maximum atomic E-state index is 13.4. The molecule has 0 radical (unpaired) electrons. The SMILES string of the molecule is CCn1c(CN2CCC(NC(=O)C(C)C)CC2)nc2cc(F)ccc21. The topological polar surface area (TPSA) is 50.2 Å². The van der Waals surface area contributed by atoms with Crippen LogP contribution < -0.4 is 5.32 Å². The summed E-state index contributed by atoms with van der Waals surface area (Å²) >= 11 is 0. The van der Waals surface area contributed by atoms with Crippen molar-refractivity contribution in [2.24, 2.45) is 5.92 Å². The van der Waals surface area contributed by atoms with E-state index in [1.165, 1.54) is 12.1 Å². The van der Waals surface area contributed by atoms with Gasteiger partial charge in [0.05, 0.1) is 17.6 Å². The van der Waals surface area contributed by atoms with Gasteiger partial charge in [0.25, 0.3) is 0 Å². The van der Waals surface area contributed by atoms with E-state index in [0.29, 0.717) is 0 Å². The van der Waals surface area contributed by atoms with Gasteiger partial charge in [0, 0.05) is 37.7 Å². The number of aryl methyl sites for hydroxylation is 1. The molecule has 0 unspecified atom stereocenters. The zero-order chi connectivity index (χ0) is 18.0. The van der Waals surface area contributed by atoms with Crippen LogP contribution in [0, 0.1) is 11.7 Å². The highest BCUT2D eigenvalue weighted by Crippen LogP contribution is 2.20. The van der Waals surface area contributed by atoms with Crippen molar-refractivity contribution in [3.8, 4) is 0 Å². The van der Waals surface area contributed by atoms with E-state index in [4.69, 9.17) is 0 Å². The van der Waals surface area contributed by atoms with Crippen LogP contribution in [0.25, 0.3) is 11.0 Å². The van der Waals surface area contributed by atoms with E-state index in [1.54, 1.807) is 6.07 Å². The average molecular weight is 346 g/mol. The van der Waals surface area contributed by atoms with Crippen molar-refractivity contribution in [3.05, 3.63) is 29.8 Å². The molecule has 1 aromatic carbocycles. The summed E-state index contributed by atoms with van der Waals surface area (Å²) in [6.45, 7) is 9.37. The lowest BCUT2D eigenvalue weighted by Crippen LogP contribution is -2.45. The molecule has 25 heavy (non-hydrogen) atoms. The summed E-state index contributed by atoms with van der Waals surface area (Å²) in [5.41, 5.74) is 1.70. The summed E-state index contributed by atoms with van der Waals surface area (Å²) in [7, 11) is 0. The van der Waals surface area contributed by atoms with Gasteiger partial charge in [0.1, 0.15) is 11.6 Å². The Bertz CT molecular complexity index is 747. The van der Waals surface area contributed by atoms with Crippen LogP contribution in [0.2, 0.25) is 0 Å². The summed E-state index contributed by atoms with van der Waals surface area (Å²) in [5.74, 6) is 0.894. The third kappa shape index (κ3) is 4.00. The Morgan fingerprint density at radius 2 is 2.08 bits per heavy atom. The fourth-order valence-corrected chi connectivity index (χ4v) is 3.43. The fraction of sp³-hybridized carbons (Fsp3) is 0.579. The molecule has 0 aliphatic carbocycles. The predicted octanol–water partition coefficient (Wildman–Crippen LogP) is 2.93. The van der Waals surface area contributed by atoms with Gasteiger partial charge in [-0.05, 0) is 31.9 Å². The molecule has 1 aliphatic heterocycles. The van der Waals surface area contributed by atoms with Gasteiger partial charge in [0.15, 0.2) is 0 Å². The van der Waals surface area contributed by atoms with Gasteiger partial charge in [0.2, 0.25) is 5.91 Å². The number of likely N-dealkylation sites (tertiary alicyclic amines) is 1. The molecule has 0 spiro atoms. The third-order valence-corrected chi connectivity index (χ3v) is 4.93. The molecule has 6 heteroatoms. The van der Waals surface area contributed by atoms with E-state index in [9.17, 15) is 9.18 Å². The number of halogens is 1. The molecule has 3 rings (SSSR count). The lowest BCUT2D eigenvalue weighted by molar-refractivity contribution is -0.125. The standard InChI is InChI=1S/C19H27FN4O/c1-4-24-17-6-5-14(20)11-16(17)22-18(24)12-23-9-7-15(8-10-23)21-19(25)13(2)3/h5-6,11,13,15H,4,7-10,12H2,1-3H3,(H,21,25). The van der Waals surface area contributed by atoms with Crippen LogP contribution in [0.3, 0.4) is 0 Å². The van der Waals surface area contributed by atoms with E-state index in [0.717, 1.165) is 55.9 Å². The zero-order valence-electron chi connectivity index (χ0n) is 15.3. The van der Waals surface area contributed by atoms with Gasteiger partial charge in [-0.2, -0.15) is 0 Å². The lowest BCUT2D eigenvalue weighted by Gasteiger charge is -2.32. The van der Waals surface area contributed by atoms with E-state index in [1.807, 2.05) is 13.8 Å². The number of piperidine rings is 1. The van der Waals surface area contributed by atoms with Crippen LogP contribution in [0.15, 0.2) is 18.2 Å². The van der Waals surface area contributed by atoms with Crippen LogP contribution >= 0.6 is 0 Å². The molecular weight excluding hydrogens is 319 g/mol. The number of rotatable bonds is 5. The van der Waals surface area contributed by atoms with Crippen LogP contribution in [-0.4, -0.2) is 39.5 Å². The number of benzene rings is 1. The number of fused-ring (bicyclic) bond motifs is 1.